The first-order valence-corrected chi connectivity index (χ1v) is 8.87. The van der Waals surface area contributed by atoms with E-state index in [2.05, 4.69) is 4.90 Å². The van der Waals surface area contributed by atoms with E-state index in [1.807, 2.05) is 13.0 Å². The molecule has 4 rings (SSSR count). The number of hydrogen-bond acceptors (Lipinski definition) is 5. The van der Waals surface area contributed by atoms with E-state index in [0.717, 1.165) is 16.7 Å². The van der Waals surface area contributed by atoms with Crippen molar-refractivity contribution in [3.05, 3.63) is 34.4 Å². The standard InChI is InChI=1S/C18H21N3O6/c1-10-12(2-3-13-14(10)9-27-16(13)22)15-8-19-4-5-20(17(23)24)6-11(19)7-21(15)18(25)26/h2-3,11,15H,4-9H2,1H3,(H,23,24)(H,25,26). The van der Waals surface area contributed by atoms with Crippen LogP contribution in [0.2, 0.25) is 0 Å². The molecule has 0 aromatic heterocycles. The highest BCUT2D eigenvalue weighted by Crippen LogP contribution is 2.35. The second-order valence-corrected chi connectivity index (χ2v) is 7.21. The average molecular weight is 375 g/mol. The van der Waals surface area contributed by atoms with Gasteiger partial charge in [0.1, 0.15) is 6.61 Å². The molecule has 0 bridgehead atoms. The van der Waals surface area contributed by atoms with E-state index in [1.165, 1.54) is 9.80 Å². The maximum atomic E-state index is 11.9. The van der Waals surface area contributed by atoms with Crippen LogP contribution in [-0.2, 0) is 11.3 Å². The Kier molecular flexibility index (Phi) is 4.18. The lowest BCUT2D eigenvalue weighted by Gasteiger charge is -2.49. The Morgan fingerprint density at radius 2 is 1.89 bits per heavy atom. The molecule has 2 unspecified atom stereocenters. The van der Waals surface area contributed by atoms with Crippen LogP contribution in [0.3, 0.4) is 0 Å². The van der Waals surface area contributed by atoms with Crippen molar-refractivity contribution >= 4 is 18.2 Å². The largest absolute Gasteiger partial charge is 0.465 e. The Morgan fingerprint density at radius 3 is 2.59 bits per heavy atom. The monoisotopic (exact) mass is 375 g/mol. The maximum Gasteiger partial charge on any atom is 0.407 e. The van der Waals surface area contributed by atoms with Crippen molar-refractivity contribution in [1.82, 2.24) is 14.7 Å². The van der Waals surface area contributed by atoms with Gasteiger partial charge in [0, 0.05) is 44.3 Å². The van der Waals surface area contributed by atoms with Crippen LogP contribution in [0.25, 0.3) is 0 Å². The molecule has 0 aliphatic carbocycles. The summed E-state index contributed by atoms with van der Waals surface area (Å²) in [5.74, 6) is -0.344. The van der Waals surface area contributed by atoms with Gasteiger partial charge in [0.25, 0.3) is 0 Å². The predicted octanol–water partition coefficient (Wildman–Crippen LogP) is 1.36. The van der Waals surface area contributed by atoms with Crippen LogP contribution in [0.15, 0.2) is 12.1 Å². The van der Waals surface area contributed by atoms with Gasteiger partial charge >= 0.3 is 18.2 Å². The highest BCUT2D eigenvalue weighted by molar-refractivity contribution is 5.94. The van der Waals surface area contributed by atoms with E-state index in [0.29, 0.717) is 31.7 Å². The highest BCUT2D eigenvalue weighted by atomic mass is 16.5. The fourth-order valence-electron chi connectivity index (χ4n) is 4.36. The van der Waals surface area contributed by atoms with E-state index in [9.17, 15) is 24.6 Å². The zero-order valence-corrected chi connectivity index (χ0v) is 14.9. The lowest BCUT2D eigenvalue weighted by atomic mass is 9.91. The number of carbonyl (C=O) groups is 3. The molecule has 3 aliphatic rings. The lowest BCUT2D eigenvalue weighted by Crippen LogP contribution is -2.64. The molecule has 0 spiro atoms. The minimum Gasteiger partial charge on any atom is -0.465 e. The number of nitrogens with zero attached hydrogens (tertiary/aromatic N) is 3. The fraction of sp³-hybridized carbons (Fsp3) is 0.500. The Labute approximate surface area is 155 Å². The van der Waals surface area contributed by atoms with Crippen LogP contribution >= 0.6 is 0 Å². The first-order valence-electron chi connectivity index (χ1n) is 8.87. The number of amides is 2. The minimum absolute atomic E-state index is 0.151. The van der Waals surface area contributed by atoms with Crippen molar-refractivity contribution in [3.63, 3.8) is 0 Å². The Hall–Kier alpha value is -2.81. The van der Waals surface area contributed by atoms with E-state index >= 15 is 0 Å². The summed E-state index contributed by atoms with van der Waals surface area (Å²) < 4.78 is 5.10. The van der Waals surface area contributed by atoms with Crippen LogP contribution in [0.1, 0.15) is 33.1 Å². The van der Waals surface area contributed by atoms with Gasteiger partial charge in [0.05, 0.1) is 11.6 Å². The smallest absolute Gasteiger partial charge is 0.407 e. The molecule has 1 aromatic carbocycles. The molecular weight excluding hydrogens is 354 g/mol. The normalized spacial score (nSPS) is 25.0. The zero-order chi connectivity index (χ0) is 19.3. The second kappa shape index (κ2) is 6.41. The second-order valence-electron chi connectivity index (χ2n) is 7.21. The van der Waals surface area contributed by atoms with Gasteiger partial charge in [0.15, 0.2) is 0 Å². The Bertz CT molecular complexity index is 826. The van der Waals surface area contributed by atoms with Crippen LogP contribution < -0.4 is 0 Å². The number of esters is 1. The van der Waals surface area contributed by atoms with Crippen LogP contribution in [0.5, 0.6) is 0 Å². The summed E-state index contributed by atoms with van der Waals surface area (Å²) in [6.45, 7) is 4.15. The van der Waals surface area contributed by atoms with Gasteiger partial charge in [-0.3, -0.25) is 9.80 Å². The summed E-state index contributed by atoms with van der Waals surface area (Å²) in [6.07, 6.45) is -2.00. The molecule has 2 saturated heterocycles. The quantitative estimate of drug-likeness (QED) is 0.713. The molecule has 144 valence electrons. The van der Waals surface area contributed by atoms with Gasteiger partial charge in [-0.25, -0.2) is 14.4 Å². The fourth-order valence-corrected chi connectivity index (χ4v) is 4.36. The molecule has 2 fully saturated rings. The van der Waals surface area contributed by atoms with E-state index < -0.39 is 12.2 Å². The number of benzene rings is 1. The van der Waals surface area contributed by atoms with Gasteiger partial charge < -0.3 is 19.8 Å². The molecule has 1 aromatic rings. The number of fused-ring (bicyclic) bond motifs is 2. The molecule has 3 heterocycles. The number of rotatable bonds is 1. The van der Waals surface area contributed by atoms with Crippen LogP contribution in [-0.4, -0.2) is 81.8 Å². The number of cyclic esters (lactones) is 1. The molecular formula is C18H21N3O6. The summed E-state index contributed by atoms with van der Waals surface area (Å²) in [4.78, 5) is 39.8. The number of hydrogen-bond donors (Lipinski definition) is 2. The van der Waals surface area contributed by atoms with Crippen molar-refractivity contribution in [3.8, 4) is 0 Å². The molecule has 2 amide bonds. The lowest BCUT2D eigenvalue weighted by molar-refractivity contribution is -0.00797. The van der Waals surface area contributed by atoms with Gasteiger partial charge in [-0.15, -0.1) is 0 Å². The molecule has 9 nitrogen and oxygen atoms in total. The van der Waals surface area contributed by atoms with E-state index in [1.54, 1.807) is 6.07 Å². The number of ether oxygens (including phenoxy) is 1. The predicted molar refractivity (Wildman–Crippen MR) is 92.7 cm³/mol. The van der Waals surface area contributed by atoms with E-state index in [4.69, 9.17) is 4.74 Å². The number of carboxylic acid groups (broad SMARTS) is 2. The topological polar surface area (TPSA) is 111 Å². The third-order valence-corrected chi connectivity index (χ3v) is 5.88. The minimum atomic E-state index is -1.03. The van der Waals surface area contributed by atoms with Gasteiger partial charge in [0.2, 0.25) is 0 Å². The van der Waals surface area contributed by atoms with Gasteiger partial charge in [-0.1, -0.05) is 6.07 Å². The summed E-state index contributed by atoms with van der Waals surface area (Å²) in [6, 6.07) is 3.01. The van der Waals surface area contributed by atoms with Crippen LogP contribution in [0.4, 0.5) is 9.59 Å². The molecule has 0 saturated carbocycles. The SMILES string of the molecule is Cc1c(C2CN3CCN(C(=O)O)CC3CN2C(=O)O)ccc2c1COC2=O. The molecule has 2 atom stereocenters. The first kappa shape index (κ1) is 17.6. The number of piperazine rings is 2. The van der Waals surface area contributed by atoms with Crippen molar-refractivity contribution in [2.75, 3.05) is 32.7 Å². The van der Waals surface area contributed by atoms with Crippen molar-refractivity contribution < 1.29 is 29.3 Å². The summed E-state index contributed by atoms with van der Waals surface area (Å²) >= 11 is 0. The molecule has 0 radical (unpaired) electrons. The number of carbonyl (C=O) groups excluding carboxylic acids is 1. The van der Waals surface area contributed by atoms with Crippen molar-refractivity contribution in [1.29, 1.82) is 0 Å². The average Bonchev–Trinajstić information content (AvgIpc) is 3.02. The Morgan fingerprint density at radius 1 is 1.11 bits per heavy atom. The summed E-state index contributed by atoms with van der Waals surface area (Å²) in [7, 11) is 0. The molecule has 3 aliphatic heterocycles. The van der Waals surface area contributed by atoms with Gasteiger partial charge in [-0.2, -0.15) is 0 Å². The first-order chi connectivity index (χ1) is 12.9. The third kappa shape index (κ3) is 2.87. The van der Waals surface area contributed by atoms with Crippen molar-refractivity contribution in [2.45, 2.75) is 25.6 Å². The van der Waals surface area contributed by atoms with E-state index in [-0.39, 0.29) is 31.2 Å². The summed E-state index contributed by atoms with van der Waals surface area (Å²) in [5, 5.41) is 19.0. The van der Waals surface area contributed by atoms with Crippen molar-refractivity contribution in [2.24, 2.45) is 0 Å². The maximum absolute atomic E-state index is 11.9. The molecule has 27 heavy (non-hydrogen) atoms. The summed E-state index contributed by atoms with van der Waals surface area (Å²) in [5.41, 5.74) is 3.12. The van der Waals surface area contributed by atoms with Crippen LogP contribution in [0, 0.1) is 6.92 Å². The molecule has 9 heteroatoms. The molecule has 2 N–H and O–H groups in total. The third-order valence-electron chi connectivity index (χ3n) is 5.88. The van der Waals surface area contributed by atoms with Gasteiger partial charge in [-0.05, 0) is 24.1 Å². The zero-order valence-electron chi connectivity index (χ0n) is 14.9. The Balaban J connectivity index is 1.64. The highest BCUT2D eigenvalue weighted by Gasteiger charge is 2.41.